The van der Waals surface area contributed by atoms with Crippen LogP contribution in [-0.4, -0.2) is 11.9 Å². The van der Waals surface area contributed by atoms with E-state index in [1.165, 1.54) is 0 Å². The number of allylic oxidation sites excluding steroid dienone is 4. The van der Waals surface area contributed by atoms with Gasteiger partial charge in [0.25, 0.3) is 0 Å². The molecule has 1 nitrogen and oxygen atoms in total. The van der Waals surface area contributed by atoms with E-state index in [9.17, 15) is 0 Å². The first-order chi connectivity index (χ1) is 3.89. The second kappa shape index (κ2) is 2.36. The first kappa shape index (κ1) is 5.16. The van der Waals surface area contributed by atoms with Gasteiger partial charge in [-0.05, 0) is 12.2 Å². The Kier molecular flexibility index (Phi) is 1.52. The third kappa shape index (κ3) is 1.26. The molecule has 0 aliphatic carbocycles. The van der Waals surface area contributed by atoms with Gasteiger partial charge in [-0.25, -0.2) is 0 Å². The maximum atomic E-state index is 2.00. The molecule has 1 aliphatic rings. The molecule has 0 saturated heterocycles. The number of hydrogen-bond donors (Lipinski definition) is 0. The van der Waals surface area contributed by atoms with Crippen LogP contribution < -0.4 is 0 Å². The molecule has 0 bridgehead atoms. The smallest absolute Gasteiger partial charge is 0.0106 e. The lowest BCUT2D eigenvalue weighted by Crippen LogP contribution is -1.97. The molecule has 0 aromatic heterocycles. The first-order valence-corrected chi connectivity index (χ1v) is 2.63. The van der Waals surface area contributed by atoms with Gasteiger partial charge >= 0.3 is 0 Å². The van der Waals surface area contributed by atoms with Crippen LogP contribution in [0.4, 0.5) is 0 Å². The molecule has 8 heavy (non-hydrogen) atoms. The Bertz CT molecular complexity index is 126. The summed E-state index contributed by atoms with van der Waals surface area (Å²) in [6, 6.07) is 0. The van der Waals surface area contributed by atoms with Gasteiger partial charge in [-0.2, -0.15) is 0 Å². The molecule has 1 heteroatoms. The van der Waals surface area contributed by atoms with Gasteiger partial charge in [0, 0.05) is 19.4 Å². The molecule has 1 heterocycles. The summed E-state index contributed by atoms with van der Waals surface area (Å²) in [5.74, 6) is 0. The average molecular weight is 107 g/mol. The highest BCUT2D eigenvalue weighted by molar-refractivity contribution is 5.14. The zero-order chi connectivity index (χ0) is 5.82. The van der Waals surface area contributed by atoms with E-state index in [0.717, 1.165) is 0 Å². The third-order valence-corrected chi connectivity index (χ3v) is 0.976. The van der Waals surface area contributed by atoms with Gasteiger partial charge in [0.1, 0.15) is 0 Å². The van der Waals surface area contributed by atoms with Crippen molar-refractivity contribution >= 4 is 0 Å². The predicted octanol–water partition coefficient (Wildman–Crippen LogP) is 1.52. The van der Waals surface area contributed by atoms with E-state index in [1.54, 1.807) is 0 Å². The highest BCUT2D eigenvalue weighted by atomic mass is 15.0. The summed E-state index contributed by atoms with van der Waals surface area (Å²) < 4.78 is 0. The molecule has 0 spiro atoms. The fourth-order valence-electron chi connectivity index (χ4n) is 0.549. The highest BCUT2D eigenvalue weighted by Crippen LogP contribution is 1.92. The van der Waals surface area contributed by atoms with Crippen molar-refractivity contribution in [3.63, 3.8) is 0 Å². The fraction of sp³-hybridized carbons (Fsp3) is 0.143. The molecule has 0 amide bonds. The zero-order valence-electron chi connectivity index (χ0n) is 4.91. The summed E-state index contributed by atoms with van der Waals surface area (Å²) in [6.45, 7) is 0. The quantitative estimate of drug-likeness (QED) is 0.453. The second-order valence-corrected chi connectivity index (χ2v) is 1.73. The van der Waals surface area contributed by atoms with Crippen LogP contribution in [0.3, 0.4) is 0 Å². The van der Waals surface area contributed by atoms with E-state index in [0.29, 0.717) is 0 Å². The number of rotatable bonds is 0. The van der Waals surface area contributed by atoms with E-state index in [2.05, 4.69) is 0 Å². The maximum absolute atomic E-state index is 2.00. The largest absolute Gasteiger partial charge is 0.357 e. The van der Waals surface area contributed by atoms with E-state index < -0.39 is 0 Å². The summed E-state index contributed by atoms with van der Waals surface area (Å²) in [7, 11) is 2.00. The number of hydrogen-bond acceptors (Lipinski definition) is 1. The highest BCUT2D eigenvalue weighted by Gasteiger charge is 1.79. The van der Waals surface area contributed by atoms with Crippen LogP contribution in [0.5, 0.6) is 0 Å². The summed E-state index contributed by atoms with van der Waals surface area (Å²) in [6.07, 6.45) is 12.0. The normalized spacial score (nSPS) is 16.9. The van der Waals surface area contributed by atoms with E-state index in [-0.39, 0.29) is 0 Å². The summed E-state index contributed by atoms with van der Waals surface area (Å²) in [4.78, 5) is 2.00. The molecule has 0 fully saturated rings. The van der Waals surface area contributed by atoms with Crippen LogP contribution in [0.1, 0.15) is 0 Å². The van der Waals surface area contributed by atoms with Crippen LogP contribution in [-0.2, 0) is 0 Å². The minimum atomic E-state index is 2.00. The SMILES string of the molecule is CN1C=CC=CC=C1. The lowest BCUT2D eigenvalue weighted by atomic mass is 10.5. The van der Waals surface area contributed by atoms with Crippen LogP contribution in [0.25, 0.3) is 0 Å². The van der Waals surface area contributed by atoms with E-state index in [4.69, 9.17) is 0 Å². The van der Waals surface area contributed by atoms with Crippen LogP contribution in [0.2, 0.25) is 0 Å². The van der Waals surface area contributed by atoms with Crippen LogP contribution >= 0.6 is 0 Å². The van der Waals surface area contributed by atoms with Crippen LogP contribution in [0, 0.1) is 0 Å². The van der Waals surface area contributed by atoms with Crippen molar-refractivity contribution < 1.29 is 0 Å². The summed E-state index contributed by atoms with van der Waals surface area (Å²) in [5, 5.41) is 0. The van der Waals surface area contributed by atoms with Gasteiger partial charge in [-0.3, -0.25) is 0 Å². The Morgan fingerprint density at radius 1 is 0.875 bits per heavy atom. The summed E-state index contributed by atoms with van der Waals surface area (Å²) >= 11 is 0. The molecule has 0 unspecified atom stereocenters. The van der Waals surface area contributed by atoms with Crippen molar-refractivity contribution in [2.75, 3.05) is 7.05 Å². The first-order valence-electron chi connectivity index (χ1n) is 2.63. The molecule has 0 saturated carbocycles. The average Bonchev–Trinajstić information content (AvgIpc) is 1.94. The van der Waals surface area contributed by atoms with Crippen molar-refractivity contribution in [2.24, 2.45) is 0 Å². The monoisotopic (exact) mass is 107 g/mol. The predicted molar refractivity (Wildman–Crippen MR) is 35.2 cm³/mol. The molecule has 1 rings (SSSR count). The van der Waals surface area contributed by atoms with Crippen molar-refractivity contribution in [1.82, 2.24) is 4.90 Å². The zero-order valence-corrected chi connectivity index (χ0v) is 4.91. The van der Waals surface area contributed by atoms with Crippen LogP contribution in [0.15, 0.2) is 36.7 Å². The third-order valence-electron chi connectivity index (χ3n) is 0.976. The molecule has 0 aromatic rings. The fourth-order valence-corrected chi connectivity index (χ4v) is 0.549. The minimum absolute atomic E-state index is 2.00. The minimum Gasteiger partial charge on any atom is -0.357 e. The molecule has 0 aromatic carbocycles. The van der Waals surface area contributed by atoms with Crippen molar-refractivity contribution in [2.45, 2.75) is 0 Å². The lowest BCUT2D eigenvalue weighted by molar-refractivity contribution is 0.627. The Morgan fingerprint density at radius 2 is 1.38 bits per heavy atom. The van der Waals surface area contributed by atoms with Crippen molar-refractivity contribution in [3.05, 3.63) is 36.7 Å². The Labute approximate surface area is 49.6 Å². The molecule has 0 N–H and O–H groups in total. The topological polar surface area (TPSA) is 3.24 Å². The molecular weight excluding hydrogens is 98.1 g/mol. The van der Waals surface area contributed by atoms with Gasteiger partial charge in [0.15, 0.2) is 0 Å². The van der Waals surface area contributed by atoms with Gasteiger partial charge in [0.2, 0.25) is 0 Å². The summed E-state index contributed by atoms with van der Waals surface area (Å²) in [5.41, 5.74) is 0. The van der Waals surface area contributed by atoms with Crippen molar-refractivity contribution in [3.8, 4) is 0 Å². The van der Waals surface area contributed by atoms with Gasteiger partial charge < -0.3 is 4.90 Å². The van der Waals surface area contributed by atoms with Gasteiger partial charge in [0.05, 0.1) is 0 Å². The second-order valence-electron chi connectivity index (χ2n) is 1.73. The molecule has 0 atom stereocenters. The van der Waals surface area contributed by atoms with E-state index >= 15 is 0 Å². The van der Waals surface area contributed by atoms with Gasteiger partial charge in [-0.15, -0.1) is 0 Å². The van der Waals surface area contributed by atoms with Crippen molar-refractivity contribution in [1.29, 1.82) is 0 Å². The van der Waals surface area contributed by atoms with Gasteiger partial charge in [-0.1, -0.05) is 12.2 Å². The Hall–Kier alpha value is -0.980. The molecular formula is C7H9N. The molecule has 0 radical (unpaired) electrons. The standard InChI is InChI=1S/C7H9N/c1-8-6-4-2-3-5-7-8/h2-7H,1H3. The Morgan fingerprint density at radius 3 is 1.88 bits per heavy atom. The molecule has 1 aliphatic heterocycles. The van der Waals surface area contributed by atoms with E-state index in [1.807, 2.05) is 48.7 Å². The Balaban J connectivity index is 2.66. The lowest BCUT2D eigenvalue weighted by Gasteiger charge is -2.02. The maximum Gasteiger partial charge on any atom is 0.0106 e. The molecule has 42 valence electrons. The number of nitrogens with zero attached hydrogens (tertiary/aromatic N) is 1.